The number of carbonyl (C=O) groups excluding carboxylic acids is 1. The molecule has 1 atom stereocenters. The average Bonchev–Trinajstić information content (AvgIpc) is 3.32. The fraction of sp³-hybridized carbons (Fsp3) is 0.423. The zero-order chi connectivity index (χ0) is 25.0. The van der Waals surface area contributed by atoms with Gasteiger partial charge >= 0.3 is 5.97 Å². The van der Waals surface area contributed by atoms with Crippen molar-refractivity contribution in [2.24, 2.45) is 5.92 Å². The van der Waals surface area contributed by atoms with E-state index >= 15 is 0 Å². The molecule has 1 aromatic carbocycles. The molecule has 0 fully saturated rings. The number of carbonyl (C=O) groups is 2. The summed E-state index contributed by atoms with van der Waals surface area (Å²) in [6.07, 6.45) is 0.804. The number of amides is 1. The minimum atomic E-state index is -0.928. The summed E-state index contributed by atoms with van der Waals surface area (Å²) in [4.78, 5) is 24.7. The molecule has 0 aliphatic rings. The second-order valence-corrected chi connectivity index (χ2v) is 9.10. The first kappa shape index (κ1) is 25.1. The number of benzene rings is 1. The molecule has 8 heteroatoms. The molecule has 0 spiro atoms. The number of aromatic nitrogens is 1. The number of carboxylic acid groups (broad SMARTS) is 1. The predicted octanol–water partition coefficient (Wildman–Crippen LogP) is 5.61. The van der Waals surface area contributed by atoms with Crippen molar-refractivity contribution in [1.29, 1.82) is 0 Å². The molecule has 34 heavy (non-hydrogen) atoms. The average molecular weight is 468 g/mol. The molecule has 3 rings (SSSR count). The van der Waals surface area contributed by atoms with Gasteiger partial charge in [-0.05, 0) is 63.4 Å². The Labute approximate surface area is 199 Å². The van der Waals surface area contributed by atoms with E-state index in [-0.39, 0.29) is 24.9 Å². The van der Waals surface area contributed by atoms with Gasteiger partial charge in [0.25, 0.3) is 5.91 Å². The monoisotopic (exact) mass is 467 g/mol. The SMILES string of the molecule is Cc1noc(C)c1-c1cc(C(CC(C)C)Nc2ccc(C(=O)N(C)CCC(=O)O)cc2)c(C)o1. The highest BCUT2D eigenvalue weighted by atomic mass is 16.5. The van der Waals surface area contributed by atoms with E-state index < -0.39 is 5.97 Å². The van der Waals surface area contributed by atoms with Crippen LogP contribution in [-0.4, -0.2) is 40.6 Å². The molecule has 3 aromatic rings. The Balaban J connectivity index is 1.80. The summed E-state index contributed by atoms with van der Waals surface area (Å²) >= 11 is 0. The van der Waals surface area contributed by atoms with Crippen LogP contribution in [0.1, 0.15) is 65.9 Å². The van der Waals surface area contributed by atoms with E-state index in [1.54, 1.807) is 19.2 Å². The standard InChI is InChI=1S/C26H33N3O5/c1-15(2)13-22(21-14-23(33-17(21)4)25-16(3)28-34-18(25)5)27-20-9-7-19(8-10-20)26(32)29(6)12-11-24(30)31/h7-10,14-15,22,27H,11-13H2,1-6H3,(H,30,31). The minimum Gasteiger partial charge on any atom is -0.481 e. The van der Waals surface area contributed by atoms with Gasteiger partial charge in [-0.3, -0.25) is 9.59 Å². The Hall–Kier alpha value is -3.55. The first-order chi connectivity index (χ1) is 16.1. The lowest BCUT2D eigenvalue weighted by atomic mass is 9.96. The third-order valence-corrected chi connectivity index (χ3v) is 5.80. The summed E-state index contributed by atoms with van der Waals surface area (Å²) in [5.41, 5.74) is 4.14. The van der Waals surface area contributed by atoms with Crippen LogP contribution in [0.25, 0.3) is 11.3 Å². The van der Waals surface area contributed by atoms with E-state index in [1.807, 2.05) is 32.9 Å². The molecule has 1 unspecified atom stereocenters. The quantitative estimate of drug-likeness (QED) is 0.399. The fourth-order valence-electron chi connectivity index (χ4n) is 4.03. The molecule has 0 saturated heterocycles. The van der Waals surface area contributed by atoms with Crippen LogP contribution in [0, 0.1) is 26.7 Å². The number of nitrogens with zero attached hydrogens (tertiary/aromatic N) is 2. The number of rotatable bonds is 10. The van der Waals surface area contributed by atoms with Crippen molar-refractivity contribution in [3.05, 3.63) is 58.7 Å². The third kappa shape index (κ3) is 5.87. The lowest BCUT2D eigenvalue weighted by molar-refractivity contribution is -0.137. The van der Waals surface area contributed by atoms with Crippen LogP contribution < -0.4 is 5.32 Å². The number of hydrogen-bond donors (Lipinski definition) is 2. The predicted molar refractivity (Wildman–Crippen MR) is 130 cm³/mol. The minimum absolute atomic E-state index is 0.0118. The van der Waals surface area contributed by atoms with E-state index in [9.17, 15) is 9.59 Å². The second-order valence-electron chi connectivity index (χ2n) is 9.10. The number of hydrogen-bond acceptors (Lipinski definition) is 6. The van der Waals surface area contributed by atoms with Crippen LogP contribution >= 0.6 is 0 Å². The molecule has 1 amide bonds. The molecule has 0 bridgehead atoms. The fourth-order valence-corrected chi connectivity index (χ4v) is 4.03. The molecule has 182 valence electrons. The lowest BCUT2D eigenvalue weighted by Gasteiger charge is -2.22. The molecular weight excluding hydrogens is 434 g/mol. The highest BCUT2D eigenvalue weighted by Crippen LogP contribution is 2.36. The first-order valence-corrected chi connectivity index (χ1v) is 11.4. The molecule has 0 aliphatic heterocycles. The zero-order valence-corrected chi connectivity index (χ0v) is 20.6. The van der Waals surface area contributed by atoms with Gasteiger partial charge in [-0.1, -0.05) is 19.0 Å². The van der Waals surface area contributed by atoms with Crippen molar-refractivity contribution in [3.8, 4) is 11.3 Å². The number of furan rings is 1. The largest absolute Gasteiger partial charge is 0.481 e. The Morgan fingerprint density at radius 2 is 1.79 bits per heavy atom. The summed E-state index contributed by atoms with van der Waals surface area (Å²) in [6, 6.07) is 9.32. The van der Waals surface area contributed by atoms with E-state index in [0.29, 0.717) is 11.5 Å². The van der Waals surface area contributed by atoms with Crippen LogP contribution in [0.15, 0.2) is 39.3 Å². The molecule has 2 aromatic heterocycles. The maximum Gasteiger partial charge on any atom is 0.305 e. The summed E-state index contributed by atoms with van der Waals surface area (Å²) in [5.74, 6) is 1.60. The summed E-state index contributed by atoms with van der Waals surface area (Å²) in [6.45, 7) is 10.2. The Bertz CT molecular complexity index is 1120. The van der Waals surface area contributed by atoms with Gasteiger partial charge < -0.3 is 24.3 Å². The van der Waals surface area contributed by atoms with Gasteiger partial charge in [0.15, 0.2) is 0 Å². The van der Waals surface area contributed by atoms with Gasteiger partial charge in [-0.15, -0.1) is 0 Å². The third-order valence-electron chi connectivity index (χ3n) is 5.80. The maximum atomic E-state index is 12.6. The molecule has 0 radical (unpaired) electrons. The highest BCUT2D eigenvalue weighted by molar-refractivity contribution is 5.94. The summed E-state index contributed by atoms with van der Waals surface area (Å²) in [7, 11) is 1.61. The summed E-state index contributed by atoms with van der Waals surface area (Å²) < 4.78 is 11.4. The van der Waals surface area contributed by atoms with E-state index in [4.69, 9.17) is 14.0 Å². The molecule has 8 nitrogen and oxygen atoms in total. The van der Waals surface area contributed by atoms with Gasteiger partial charge in [0.1, 0.15) is 17.3 Å². The van der Waals surface area contributed by atoms with E-state index in [2.05, 4.69) is 30.4 Å². The lowest BCUT2D eigenvalue weighted by Crippen LogP contribution is -2.29. The van der Waals surface area contributed by atoms with E-state index in [0.717, 1.165) is 46.2 Å². The molecule has 2 heterocycles. The Kier molecular flexibility index (Phi) is 7.81. The normalized spacial score (nSPS) is 12.1. The van der Waals surface area contributed by atoms with Gasteiger partial charge in [-0.25, -0.2) is 0 Å². The Morgan fingerprint density at radius 1 is 1.12 bits per heavy atom. The van der Waals surface area contributed by atoms with Crippen molar-refractivity contribution in [1.82, 2.24) is 10.1 Å². The Morgan fingerprint density at radius 3 is 2.35 bits per heavy atom. The molecule has 0 saturated carbocycles. The topological polar surface area (TPSA) is 109 Å². The van der Waals surface area contributed by atoms with Crippen molar-refractivity contribution < 1.29 is 23.6 Å². The van der Waals surface area contributed by atoms with Gasteiger partial charge in [0.05, 0.1) is 23.7 Å². The smallest absolute Gasteiger partial charge is 0.305 e. The van der Waals surface area contributed by atoms with Crippen molar-refractivity contribution in [2.75, 3.05) is 18.9 Å². The molecule has 2 N–H and O–H groups in total. The zero-order valence-electron chi connectivity index (χ0n) is 20.6. The number of nitrogens with one attached hydrogen (secondary N) is 1. The van der Waals surface area contributed by atoms with Crippen molar-refractivity contribution in [3.63, 3.8) is 0 Å². The number of anilines is 1. The van der Waals surface area contributed by atoms with E-state index in [1.165, 1.54) is 4.90 Å². The van der Waals surface area contributed by atoms with Crippen molar-refractivity contribution >= 4 is 17.6 Å². The van der Waals surface area contributed by atoms with Crippen LogP contribution in [0.5, 0.6) is 0 Å². The number of aliphatic carboxylic acids is 1. The van der Waals surface area contributed by atoms with Crippen LogP contribution in [0.4, 0.5) is 5.69 Å². The van der Waals surface area contributed by atoms with Gasteiger partial charge in [0, 0.05) is 30.4 Å². The second kappa shape index (κ2) is 10.6. The van der Waals surface area contributed by atoms with Crippen LogP contribution in [-0.2, 0) is 4.79 Å². The molecular formula is C26H33N3O5. The van der Waals surface area contributed by atoms with Crippen LogP contribution in [0.3, 0.4) is 0 Å². The number of carboxylic acids is 1. The summed E-state index contributed by atoms with van der Waals surface area (Å²) in [5, 5.41) is 16.5. The van der Waals surface area contributed by atoms with Crippen molar-refractivity contribution in [2.45, 2.75) is 53.5 Å². The number of aryl methyl sites for hydroxylation is 3. The maximum absolute atomic E-state index is 12.6. The highest BCUT2D eigenvalue weighted by Gasteiger charge is 2.23. The molecule has 0 aliphatic carbocycles. The first-order valence-electron chi connectivity index (χ1n) is 11.4. The van der Waals surface area contributed by atoms with Crippen LogP contribution in [0.2, 0.25) is 0 Å². The van der Waals surface area contributed by atoms with Gasteiger partial charge in [-0.2, -0.15) is 0 Å². The van der Waals surface area contributed by atoms with Gasteiger partial charge in [0.2, 0.25) is 0 Å².